The maximum atomic E-state index is 13.0. The van der Waals surface area contributed by atoms with Crippen LogP contribution in [0.1, 0.15) is 9.67 Å². The van der Waals surface area contributed by atoms with Gasteiger partial charge in [0.1, 0.15) is 9.71 Å². The van der Waals surface area contributed by atoms with Crippen LogP contribution < -0.4 is 0 Å². The van der Waals surface area contributed by atoms with Crippen LogP contribution >= 0.6 is 23.1 Å². The molecule has 1 aliphatic heterocycles. The van der Waals surface area contributed by atoms with Gasteiger partial charge in [0, 0.05) is 48.6 Å². The Bertz CT molecular complexity index is 804. The molecule has 4 rings (SSSR count). The van der Waals surface area contributed by atoms with Gasteiger partial charge < -0.3 is 9.47 Å². The Morgan fingerprint density at radius 3 is 2.68 bits per heavy atom. The Labute approximate surface area is 136 Å². The van der Waals surface area contributed by atoms with Crippen molar-refractivity contribution in [2.45, 2.75) is 0 Å². The number of thiophene rings is 1. The zero-order valence-electron chi connectivity index (χ0n) is 11.9. The van der Waals surface area contributed by atoms with E-state index >= 15 is 0 Å². The normalized spacial score (nSPS) is 15.4. The Hall–Kier alpha value is -1.79. The van der Waals surface area contributed by atoms with Crippen molar-refractivity contribution >= 4 is 39.2 Å². The lowest BCUT2D eigenvalue weighted by molar-refractivity contribution is 0.0777. The fraction of sp³-hybridized carbons (Fsp3) is 0.250. The van der Waals surface area contributed by atoms with Crippen molar-refractivity contribution < 1.29 is 4.79 Å². The SMILES string of the molecule is O=C(c1sc2ncccc2c1-n1cccc1)N1CCSCC1. The maximum absolute atomic E-state index is 13.0. The molecule has 1 saturated heterocycles. The van der Waals surface area contributed by atoms with Crippen LogP contribution in [0, 0.1) is 0 Å². The van der Waals surface area contributed by atoms with Crippen LogP contribution in [-0.2, 0) is 0 Å². The van der Waals surface area contributed by atoms with Crippen LogP contribution in [0.2, 0.25) is 0 Å². The molecule has 1 fully saturated rings. The first-order valence-corrected chi connectivity index (χ1v) is 9.19. The standard InChI is InChI=1S/C16H15N3OS2/c20-16(19-8-10-21-11-9-19)14-13(18-6-1-2-7-18)12-4-3-5-17-15(12)22-14/h1-7H,8-11H2. The van der Waals surface area contributed by atoms with Gasteiger partial charge in [-0.05, 0) is 24.3 Å². The van der Waals surface area contributed by atoms with Gasteiger partial charge in [-0.2, -0.15) is 11.8 Å². The largest absolute Gasteiger partial charge is 0.336 e. The minimum atomic E-state index is 0.131. The van der Waals surface area contributed by atoms with Crippen molar-refractivity contribution in [3.8, 4) is 5.69 Å². The number of amides is 1. The number of nitrogens with zero attached hydrogens (tertiary/aromatic N) is 3. The summed E-state index contributed by atoms with van der Waals surface area (Å²) in [6.07, 6.45) is 5.75. The molecule has 6 heteroatoms. The summed E-state index contributed by atoms with van der Waals surface area (Å²) in [5, 5.41) is 1.04. The summed E-state index contributed by atoms with van der Waals surface area (Å²) in [6.45, 7) is 1.66. The monoisotopic (exact) mass is 329 g/mol. The molecule has 0 spiro atoms. The molecule has 3 aromatic rings. The summed E-state index contributed by atoms with van der Waals surface area (Å²) in [4.78, 5) is 21.1. The Kier molecular flexibility index (Phi) is 3.63. The van der Waals surface area contributed by atoms with E-state index in [4.69, 9.17) is 0 Å². The molecule has 0 atom stereocenters. The van der Waals surface area contributed by atoms with Crippen LogP contribution in [0.15, 0.2) is 42.9 Å². The first kappa shape index (κ1) is 13.8. The number of carbonyl (C=O) groups is 1. The van der Waals surface area contributed by atoms with E-state index in [1.54, 1.807) is 6.20 Å². The molecule has 4 nitrogen and oxygen atoms in total. The van der Waals surface area contributed by atoms with Crippen LogP contribution in [0.25, 0.3) is 15.9 Å². The number of carbonyl (C=O) groups excluding carboxylic acids is 1. The molecule has 0 aromatic carbocycles. The van der Waals surface area contributed by atoms with Crippen LogP contribution in [-0.4, -0.2) is 45.0 Å². The fourth-order valence-corrected chi connectivity index (χ4v) is 4.73. The highest BCUT2D eigenvalue weighted by atomic mass is 32.2. The number of rotatable bonds is 2. The van der Waals surface area contributed by atoms with E-state index < -0.39 is 0 Å². The molecule has 0 aliphatic carbocycles. The molecule has 3 aromatic heterocycles. The molecule has 4 heterocycles. The van der Waals surface area contributed by atoms with Gasteiger partial charge in [-0.15, -0.1) is 11.3 Å². The van der Waals surface area contributed by atoms with Crippen molar-refractivity contribution in [3.63, 3.8) is 0 Å². The van der Waals surface area contributed by atoms with E-state index in [0.29, 0.717) is 0 Å². The summed E-state index contributed by atoms with van der Waals surface area (Å²) >= 11 is 3.40. The van der Waals surface area contributed by atoms with E-state index in [9.17, 15) is 4.79 Å². The van der Waals surface area contributed by atoms with Gasteiger partial charge in [0.05, 0.1) is 5.69 Å². The van der Waals surface area contributed by atoms with Gasteiger partial charge >= 0.3 is 0 Å². The number of hydrogen-bond acceptors (Lipinski definition) is 4. The molecular formula is C16H15N3OS2. The summed E-state index contributed by atoms with van der Waals surface area (Å²) in [5.74, 6) is 2.17. The van der Waals surface area contributed by atoms with E-state index in [0.717, 1.165) is 45.4 Å². The van der Waals surface area contributed by atoms with Gasteiger partial charge in [0.25, 0.3) is 5.91 Å². The van der Waals surface area contributed by atoms with E-state index in [1.165, 1.54) is 11.3 Å². The van der Waals surface area contributed by atoms with Gasteiger partial charge in [0.15, 0.2) is 0 Å². The van der Waals surface area contributed by atoms with Gasteiger partial charge in [-0.3, -0.25) is 4.79 Å². The van der Waals surface area contributed by atoms with Crippen LogP contribution in [0.5, 0.6) is 0 Å². The van der Waals surface area contributed by atoms with Crippen LogP contribution in [0.3, 0.4) is 0 Å². The first-order valence-electron chi connectivity index (χ1n) is 7.22. The van der Waals surface area contributed by atoms with Gasteiger partial charge in [-0.1, -0.05) is 0 Å². The number of hydrogen-bond donors (Lipinski definition) is 0. The zero-order chi connectivity index (χ0) is 14.9. The van der Waals surface area contributed by atoms with Crippen molar-refractivity contribution in [1.29, 1.82) is 0 Å². The smallest absolute Gasteiger partial charge is 0.266 e. The third-order valence-electron chi connectivity index (χ3n) is 3.80. The second-order valence-corrected chi connectivity index (χ2v) is 7.35. The molecule has 0 unspecified atom stereocenters. The van der Waals surface area contributed by atoms with E-state index in [1.807, 2.05) is 57.9 Å². The second-order valence-electron chi connectivity index (χ2n) is 5.13. The number of thioether (sulfide) groups is 1. The average molecular weight is 329 g/mol. The maximum Gasteiger partial charge on any atom is 0.266 e. The first-order chi connectivity index (χ1) is 10.8. The molecule has 0 N–H and O–H groups in total. The molecule has 22 heavy (non-hydrogen) atoms. The molecule has 1 aliphatic rings. The lowest BCUT2D eigenvalue weighted by atomic mass is 10.2. The predicted molar refractivity (Wildman–Crippen MR) is 92.2 cm³/mol. The summed E-state index contributed by atoms with van der Waals surface area (Å²) in [7, 11) is 0. The number of aromatic nitrogens is 2. The fourth-order valence-electron chi connectivity index (χ4n) is 2.71. The third kappa shape index (κ3) is 2.32. The number of fused-ring (bicyclic) bond motifs is 1. The molecule has 0 saturated carbocycles. The Morgan fingerprint density at radius 2 is 1.91 bits per heavy atom. The summed E-state index contributed by atoms with van der Waals surface area (Å²) in [5.41, 5.74) is 0.960. The topological polar surface area (TPSA) is 38.1 Å². The van der Waals surface area contributed by atoms with Gasteiger partial charge in [-0.25, -0.2) is 4.98 Å². The highest BCUT2D eigenvalue weighted by Crippen LogP contribution is 2.34. The third-order valence-corrected chi connectivity index (χ3v) is 5.83. The summed E-state index contributed by atoms with van der Waals surface area (Å²) in [6, 6.07) is 7.92. The highest BCUT2D eigenvalue weighted by Gasteiger charge is 2.25. The lowest BCUT2D eigenvalue weighted by Crippen LogP contribution is -2.37. The molecule has 0 radical (unpaired) electrons. The molecule has 0 bridgehead atoms. The lowest BCUT2D eigenvalue weighted by Gasteiger charge is -2.26. The summed E-state index contributed by atoms with van der Waals surface area (Å²) < 4.78 is 2.02. The zero-order valence-corrected chi connectivity index (χ0v) is 13.6. The predicted octanol–water partition coefficient (Wildman–Crippen LogP) is 3.28. The van der Waals surface area contributed by atoms with Crippen LogP contribution in [0.4, 0.5) is 0 Å². The molecule has 112 valence electrons. The highest BCUT2D eigenvalue weighted by molar-refractivity contribution is 7.99. The van der Waals surface area contributed by atoms with Crippen molar-refractivity contribution in [2.24, 2.45) is 0 Å². The quantitative estimate of drug-likeness (QED) is 0.724. The Balaban J connectivity index is 1.86. The number of pyridine rings is 1. The Morgan fingerprint density at radius 1 is 1.14 bits per heavy atom. The van der Waals surface area contributed by atoms with Gasteiger partial charge in [0.2, 0.25) is 0 Å². The molecule has 1 amide bonds. The van der Waals surface area contributed by atoms with Crippen molar-refractivity contribution in [3.05, 3.63) is 47.7 Å². The minimum Gasteiger partial charge on any atom is -0.336 e. The average Bonchev–Trinajstić information content (AvgIpc) is 3.21. The van der Waals surface area contributed by atoms with E-state index in [2.05, 4.69) is 4.98 Å². The van der Waals surface area contributed by atoms with Crippen molar-refractivity contribution in [1.82, 2.24) is 14.5 Å². The van der Waals surface area contributed by atoms with E-state index in [-0.39, 0.29) is 5.91 Å². The van der Waals surface area contributed by atoms with Crippen molar-refractivity contribution in [2.75, 3.05) is 24.6 Å². The second kappa shape index (κ2) is 5.78. The molecular weight excluding hydrogens is 314 g/mol. The minimum absolute atomic E-state index is 0.131.